The molecule has 2 N–H and O–H groups in total. The SMILES string of the molecule is O=C1CCC(CNC2CCOC3(CCSC3)C2)N1. The molecule has 0 aromatic carbocycles. The first-order chi connectivity index (χ1) is 8.76. The Bertz CT molecular complexity index is 318. The van der Waals surface area contributed by atoms with Crippen LogP contribution < -0.4 is 10.6 Å². The molecule has 1 spiro atoms. The summed E-state index contributed by atoms with van der Waals surface area (Å²) in [6.45, 7) is 1.80. The molecule has 102 valence electrons. The van der Waals surface area contributed by atoms with Crippen LogP contribution in [0.1, 0.15) is 32.1 Å². The molecule has 0 aromatic rings. The highest BCUT2D eigenvalue weighted by molar-refractivity contribution is 7.99. The zero-order valence-corrected chi connectivity index (χ0v) is 11.6. The number of hydrogen-bond donors (Lipinski definition) is 2. The van der Waals surface area contributed by atoms with E-state index >= 15 is 0 Å². The summed E-state index contributed by atoms with van der Waals surface area (Å²) in [4.78, 5) is 11.1. The highest BCUT2D eigenvalue weighted by Crippen LogP contribution is 2.38. The van der Waals surface area contributed by atoms with E-state index in [1.165, 1.54) is 12.2 Å². The van der Waals surface area contributed by atoms with E-state index in [1.54, 1.807) is 0 Å². The van der Waals surface area contributed by atoms with Crippen molar-refractivity contribution in [2.75, 3.05) is 24.7 Å². The Kier molecular flexibility index (Phi) is 3.82. The summed E-state index contributed by atoms with van der Waals surface area (Å²) in [7, 11) is 0. The zero-order valence-electron chi connectivity index (χ0n) is 10.7. The van der Waals surface area contributed by atoms with E-state index in [4.69, 9.17) is 4.74 Å². The highest BCUT2D eigenvalue weighted by Gasteiger charge is 2.40. The molecular formula is C13H22N2O2S. The molecule has 3 rings (SSSR count). The van der Waals surface area contributed by atoms with Gasteiger partial charge < -0.3 is 15.4 Å². The van der Waals surface area contributed by atoms with Crippen LogP contribution in [-0.2, 0) is 9.53 Å². The van der Waals surface area contributed by atoms with Gasteiger partial charge in [0.05, 0.1) is 5.60 Å². The van der Waals surface area contributed by atoms with Crippen LogP contribution in [0.15, 0.2) is 0 Å². The first-order valence-corrected chi connectivity index (χ1v) is 8.16. The maximum absolute atomic E-state index is 11.1. The molecule has 0 bridgehead atoms. The second-order valence-corrected chi connectivity index (χ2v) is 6.84. The maximum Gasteiger partial charge on any atom is 0.220 e. The Morgan fingerprint density at radius 2 is 2.44 bits per heavy atom. The van der Waals surface area contributed by atoms with E-state index in [1.807, 2.05) is 11.8 Å². The van der Waals surface area contributed by atoms with Crippen molar-refractivity contribution in [2.24, 2.45) is 0 Å². The Balaban J connectivity index is 1.46. The number of carbonyl (C=O) groups is 1. The second-order valence-electron chi connectivity index (χ2n) is 5.74. The molecule has 4 nitrogen and oxygen atoms in total. The molecule has 3 aliphatic rings. The van der Waals surface area contributed by atoms with E-state index in [0.717, 1.165) is 38.2 Å². The van der Waals surface area contributed by atoms with Gasteiger partial charge >= 0.3 is 0 Å². The summed E-state index contributed by atoms with van der Waals surface area (Å²) >= 11 is 2.02. The molecule has 3 aliphatic heterocycles. The van der Waals surface area contributed by atoms with Crippen molar-refractivity contribution in [3.8, 4) is 0 Å². The second kappa shape index (κ2) is 5.39. The monoisotopic (exact) mass is 270 g/mol. The van der Waals surface area contributed by atoms with Crippen LogP contribution in [0.2, 0.25) is 0 Å². The lowest BCUT2D eigenvalue weighted by Gasteiger charge is -2.38. The Hall–Kier alpha value is -0.260. The van der Waals surface area contributed by atoms with Gasteiger partial charge in [-0.2, -0.15) is 11.8 Å². The van der Waals surface area contributed by atoms with Gasteiger partial charge in [0.25, 0.3) is 0 Å². The number of amides is 1. The van der Waals surface area contributed by atoms with Crippen LogP contribution in [0, 0.1) is 0 Å². The lowest BCUT2D eigenvalue weighted by molar-refractivity contribution is -0.119. The summed E-state index contributed by atoms with van der Waals surface area (Å²) < 4.78 is 6.01. The molecule has 0 aromatic heterocycles. The van der Waals surface area contributed by atoms with Crippen LogP contribution >= 0.6 is 11.8 Å². The van der Waals surface area contributed by atoms with Crippen LogP contribution in [0.3, 0.4) is 0 Å². The van der Waals surface area contributed by atoms with Gasteiger partial charge in [-0.25, -0.2) is 0 Å². The minimum atomic E-state index is 0.152. The van der Waals surface area contributed by atoms with Crippen molar-refractivity contribution in [3.05, 3.63) is 0 Å². The van der Waals surface area contributed by atoms with E-state index in [2.05, 4.69) is 10.6 Å². The van der Waals surface area contributed by atoms with Gasteiger partial charge in [0.1, 0.15) is 0 Å². The van der Waals surface area contributed by atoms with Gasteiger partial charge in [-0.3, -0.25) is 4.79 Å². The Labute approximate surface area is 113 Å². The van der Waals surface area contributed by atoms with E-state index < -0.39 is 0 Å². The van der Waals surface area contributed by atoms with E-state index in [-0.39, 0.29) is 11.5 Å². The quantitative estimate of drug-likeness (QED) is 0.800. The summed E-state index contributed by atoms with van der Waals surface area (Å²) in [6, 6.07) is 0.907. The molecule has 0 aliphatic carbocycles. The van der Waals surface area contributed by atoms with Crippen molar-refractivity contribution < 1.29 is 9.53 Å². The summed E-state index contributed by atoms with van der Waals surface area (Å²) in [6.07, 6.45) is 5.13. The predicted molar refractivity (Wildman–Crippen MR) is 72.8 cm³/mol. The Morgan fingerprint density at radius 3 is 3.17 bits per heavy atom. The molecule has 18 heavy (non-hydrogen) atoms. The van der Waals surface area contributed by atoms with Crippen LogP contribution in [0.25, 0.3) is 0 Å². The third kappa shape index (κ3) is 2.83. The van der Waals surface area contributed by atoms with Gasteiger partial charge in [-0.1, -0.05) is 0 Å². The number of rotatable bonds is 3. The first kappa shape index (κ1) is 12.8. The van der Waals surface area contributed by atoms with Crippen LogP contribution in [0.5, 0.6) is 0 Å². The third-order valence-corrected chi connectivity index (χ3v) is 5.52. The molecule has 3 heterocycles. The Morgan fingerprint density at radius 1 is 1.50 bits per heavy atom. The molecule has 1 amide bonds. The molecular weight excluding hydrogens is 248 g/mol. The fraction of sp³-hybridized carbons (Fsp3) is 0.923. The largest absolute Gasteiger partial charge is 0.374 e. The average Bonchev–Trinajstić information content (AvgIpc) is 2.97. The predicted octanol–water partition coefficient (Wildman–Crippen LogP) is 0.909. The van der Waals surface area contributed by atoms with E-state index in [9.17, 15) is 4.79 Å². The first-order valence-electron chi connectivity index (χ1n) is 7.00. The summed E-state index contributed by atoms with van der Waals surface area (Å²) in [5, 5.41) is 6.65. The minimum Gasteiger partial charge on any atom is -0.374 e. The average molecular weight is 270 g/mol. The standard InChI is InChI=1S/C13H22N2O2S/c16-12-2-1-11(15-12)8-14-10-3-5-17-13(7-10)4-6-18-9-13/h10-11,14H,1-9H2,(H,15,16). The fourth-order valence-electron chi connectivity index (χ4n) is 3.20. The van der Waals surface area contributed by atoms with Crippen LogP contribution in [0.4, 0.5) is 0 Å². The lowest BCUT2D eigenvalue weighted by Crippen LogP contribution is -2.49. The van der Waals surface area contributed by atoms with Crippen molar-refractivity contribution in [2.45, 2.75) is 49.8 Å². The lowest BCUT2D eigenvalue weighted by atomic mass is 9.90. The van der Waals surface area contributed by atoms with Gasteiger partial charge in [-0.15, -0.1) is 0 Å². The van der Waals surface area contributed by atoms with Gasteiger partial charge in [0, 0.05) is 37.4 Å². The number of thioether (sulfide) groups is 1. The smallest absolute Gasteiger partial charge is 0.220 e. The number of ether oxygens (including phenoxy) is 1. The zero-order chi connectivity index (χ0) is 12.4. The van der Waals surface area contributed by atoms with E-state index in [0.29, 0.717) is 18.5 Å². The molecule has 3 atom stereocenters. The van der Waals surface area contributed by atoms with Gasteiger partial charge in [-0.05, 0) is 31.4 Å². The normalized spacial score (nSPS) is 40.3. The molecule has 3 saturated heterocycles. The molecule has 3 unspecified atom stereocenters. The maximum atomic E-state index is 11.1. The summed E-state index contributed by atoms with van der Waals surface area (Å²) in [5.74, 6) is 2.61. The van der Waals surface area contributed by atoms with Crippen LogP contribution in [-0.4, -0.2) is 48.2 Å². The summed E-state index contributed by atoms with van der Waals surface area (Å²) in [5.41, 5.74) is 0.152. The van der Waals surface area contributed by atoms with Crippen molar-refractivity contribution >= 4 is 17.7 Å². The van der Waals surface area contributed by atoms with Crippen molar-refractivity contribution in [1.82, 2.24) is 10.6 Å². The topological polar surface area (TPSA) is 50.4 Å². The molecule has 0 radical (unpaired) electrons. The number of nitrogens with one attached hydrogen (secondary N) is 2. The molecule has 3 fully saturated rings. The van der Waals surface area contributed by atoms with Gasteiger partial charge in [0.2, 0.25) is 5.91 Å². The van der Waals surface area contributed by atoms with Crippen molar-refractivity contribution in [1.29, 1.82) is 0 Å². The molecule has 0 saturated carbocycles. The van der Waals surface area contributed by atoms with Crippen molar-refractivity contribution in [3.63, 3.8) is 0 Å². The fourth-order valence-corrected chi connectivity index (χ4v) is 4.58. The van der Waals surface area contributed by atoms with Gasteiger partial charge in [0.15, 0.2) is 0 Å². The minimum absolute atomic E-state index is 0.152. The third-order valence-electron chi connectivity index (χ3n) is 4.30. The highest BCUT2D eigenvalue weighted by atomic mass is 32.2. The molecule has 5 heteroatoms. The number of carbonyl (C=O) groups excluding carboxylic acids is 1. The number of hydrogen-bond acceptors (Lipinski definition) is 4.